The second kappa shape index (κ2) is 7.84. The second-order valence-corrected chi connectivity index (χ2v) is 8.81. The predicted molar refractivity (Wildman–Crippen MR) is 118 cm³/mol. The Hall–Kier alpha value is -3.72. The molecular weight excluding hydrogens is 416 g/mol. The molecule has 3 aromatic rings. The Kier molecular flexibility index (Phi) is 5.20. The molecule has 0 saturated carbocycles. The zero-order valence-electron chi connectivity index (χ0n) is 17.1. The number of hydrogen-bond donors (Lipinski definition) is 2. The standard InChI is InChI=1S/C22H20N4O4S/c1-13(2)21-16-9-18(26-31(28,29)20-7-5-4-6-19(20)30-3)15(8-17(16)25-22(21)27)14-10-23-12-24-11-14/h4-12,26H,1-3H3,(H,25,27). The van der Waals surface area contributed by atoms with Gasteiger partial charge in [0.25, 0.3) is 15.9 Å². The van der Waals surface area contributed by atoms with E-state index in [1.54, 1.807) is 42.7 Å². The van der Waals surface area contributed by atoms with E-state index in [-0.39, 0.29) is 16.6 Å². The Morgan fingerprint density at radius 2 is 1.77 bits per heavy atom. The van der Waals surface area contributed by atoms with Crippen LogP contribution in [0.5, 0.6) is 5.75 Å². The number of fused-ring (bicyclic) bond motifs is 1. The van der Waals surface area contributed by atoms with Gasteiger partial charge >= 0.3 is 0 Å². The third kappa shape index (κ3) is 3.75. The number of carbonyl (C=O) groups excluding carboxylic acids is 1. The molecule has 0 bridgehead atoms. The van der Waals surface area contributed by atoms with Gasteiger partial charge < -0.3 is 10.1 Å². The van der Waals surface area contributed by atoms with Crippen molar-refractivity contribution >= 4 is 32.9 Å². The molecule has 2 aromatic carbocycles. The van der Waals surface area contributed by atoms with Crippen LogP contribution in [-0.4, -0.2) is 31.4 Å². The Morgan fingerprint density at radius 3 is 2.45 bits per heavy atom. The molecule has 2 heterocycles. The highest BCUT2D eigenvalue weighted by atomic mass is 32.2. The van der Waals surface area contributed by atoms with Crippen molar-refractivity contribution in [3.8, 4) is 16.9 Å². The molecule has 1 amide bonds. The van der Waals surface area contributed by atoms with Crippen LogP contribution in [0, 0.1) is 0 Å². The first-order valence-electron chi connectivity index (χ1n) is 9.40. The monoisotopic (exact) mass is 436 g/mol. The average molecular weight is 436 g/mol. The van der Waals surface area contributed by atoms with Gasteiger partial charge in [-0.05, 0) is 38.1 Å². The molecule has 1 aliphatic rings. The summed E-state index contributed by atoms with van der Waals surface area (Å²) in [5.41, 5.74) is 4.00. The summed E-state index contributed by atoms with van der Waals surface area (Å²) in [6.45, 7) is 3.67. The quantitative estimate of drug-likeness (QED) is 0.590. The lowest BCUT2D eigenvalue weighted by atomic mass is 9.98. The maximum atomic E-state index is 13.2. The zero-order valence-corrected chi connectivity index (χ0v) is 17.9. The predicted octanol–water partition coefficient (Wildman–Crippen LogP) is 3.70. The number of hydrogen-bond acceptors (Lipinski definition) is 6. The topological polar surface area (TPSA) is 110 Å². The van der Waals surface area contributed by atoms with Gasteiger partial charge in [0.05, 0.1) is 12.8 Å². The fourth-order valence-corrected chi connectivity index (χ4v) is 4.76. The molecule has 0 saturated heterocycles. The first-order valence-corrected chi connectivity index (χ1v) is 10.9. The molecule has 1 aromatic heterocycles. The molecule has 2 N–H and O–H groups in total. The summed E-state index contributed by atoms with van der Waals surface area (Å²) in [6, 6.07) is 9.74. The Balaban J connectivity index is 1.91. The van der Waals surface area contributed by atoms with Crippen LogP contribution >= 0.6 is 0 Å². The molecule has 0 fully saturated rings. The van der Waals surface area contributed by atoms with E-state index in [1.165, 1.54) is 19.5 Å². The van der Waals surface area contributed by atoms with Crippen molar-refractivity contribution in [3.05, 3.63) is 66.3 Å². The van der Waals surface area contributed by atoms with E-state index in [9.17, 15) is 13.2 Å². The number of benzene rings is 2. The molecule has 1 aliphatic heterocycles. The number of carbonyl (C=O) groups is 1. The van der Waals surface area contributed by atoms with Crippen LogP contribution < -0.4 is 14.8 Å². The van der Waals surface area contributed by atoms with Crippen molar-refractivity contribution in [2.45, 2.75) is 18.7 Å². The number of sulfonamides is 1. The minimum absolute atomic E-state index is 0.00454. The van der Waals surface area contributed by atoms with E-state index in [1.807, 2.05) is 13.8 Å². The van der Waals surface area contributed by atoms with E-state index in [0.717, 1.165) is 5.57 Å². The molecular formula is C22H20N4O4S. The number of aromatic nitrogens is 2. The summed E-state index contributed by atoms with van der Waals surface area (Å²) in [5.74, 6) is -0.00224. The summed E-state index contributed by atoms with van der Waals surface area (Å²) < 4.78 is 34.3. The Labute approximate surface area is 180 Å². The molecule has 158 valence electrons. The summed E-state index contributed by atoms with van der Waals surface area (Å²) >= 11 is 0. The first-order chi connectivity index (χ1) is 14.8. The van der Waals surface area contributed by atoms with Gasteiger partial charge in [-0.1, -0.05) is 17.7 Å². The highest BCUT2D eigenvalue weighted by molar-refractivity contribution is 7.92. The number of ether oxygens (including phenoxy) is 1. The van der Waals surface area contributed by atoms with Gasteiger partial charge in [-0.25, -0.2) is 18.4 Å². The van der Waals surface area contributed by atoms with Gasteiger partial charge in [-0.2, -0.15) is 0 Å². The molecule has 0 unspecified atom stereocenters. The van der Waals surface area contributed by atoms with Crippen LogP contribution in [0.25, 0.3) is 16.7 Å². The van der Waals surface area contributed by atoms with E-state index < -0.39 is 10.0 Å². The van der Waals surface area contributed by atoms with Crippen molar-refractivity contribution in [2.24, 2.45) is 0 Å². The third-order valence-corrected chi connectivity index (χ3v) is 6.28. The van der Waals surface area contributed by atoms with Crippen LogP contribution in [0.1, 0.15) is 19.4 Å². The maximum absolute atomic E-state index is 13.2. The molecule has 31 heavy (non-hydrogen) atoms. The number of nitrogens with one attached hydrogen (secondary N) is 2. The van der Waals surface area contributed by atoms with Crippen LogP contribution in [0.15, 0.2) is 65.6 Å². The van der Waals surface area contributed by atoms with Crippen molar-refractivity contribution in [1.29, 1.82) is 0 Å². The minimum atomic E-state index is -3.99. The number of nitrogens with zero attached hydrogens (tertiary/aromatic N) is 2. The van der Waals surface area contributed by atoms with Crippen LogP contribution in [0.2, 0.25) is 0 Å². The van der Waals surface area contributed by atoms with Crippen molar-refractivity contribution in [1.82, 2.24) is 9.97 Å². The van der Waals surface area contributed by atoms with Crippen LogP contribution in [-0.2, 0) is 14.8 Å². The fourth-order valence-electron chi connectivity index (χ4n) is 3.52. The van der Waals surface area contributed by atoms with Gasteiger partial charge in [0, 0.05) is 40.3 Å². The molecule has 0 spiro atoms. The van der Waals surface area contributed by atoms with Gasteiger partial charge in [0.1, 0.15) is 17.0 Å². The largest absolute Gasteiger partial charge is 0.495 e. The maximum Gasteiger partial charge on any atom is 0.265 e. The molecule has 0 radical (unpaired) electrons. The first kappa shape index (κ1) is 20.5. The lowest BCUT2D eigenvalue weighted by Gasteiger charge is -2.16. The molecule has 0 aliphatic carbocycles. The third-order valence-electron chi connectivity index (χ3n) is 4.88. The van der Waals surface area contributed by atoms with Gasteiger partial charge in [0.15, 0.2) is 0 Å². The number of rotatable bonds is 5. The summed E-state index contributed by atoms with van der Waals surface area (Å²) in [5, 5.41) is 2.84. The fraction of sp³-hybridized carbons (Fsp3) is 0.136. The number of allylic oxidation sites excluding steroid dienone is 1. The van der Waals surface area contributed by atoms with Gasteiger partial charge in [-0.3, -0.25) is 9.52 Å². The number of amides is 1. The highest BCUT2D eigenvalue weighted by Gasteiger charge is 2.29. The molecule has 0 atom stereocenters. The summed E-state index contributed by atoms with van der Waals surface area (Å²) in [7, 11) is -2.58. The molecule has 4 rings (SSSR count). The Bertz CT molecular complexity index is 1310. The summed E-state index contributed by atoms with van der Waals surface area (Å²) in [4.78, 5) is 20.5. The minimum Gasteiger partial charge on any atom is -0.495 e. The summed E-state index contributed by atoms with van der Waals surface area (Å²) in [6.07, 6.45) is 4.54. The number of para-hydroxylation sites is 1. The number of anilines is 2. The lowest BCUT2D eigenvalue weighted by Crippen LogP contribution is -2.15. The lowest BCUT2D eigenvalue weighted by molar-refractivity contribution is -0.110. The Morgan fingerprint density at radius 1 is 1.06 bits per heavy atom. The van der Waals surface area contributed by atoms with Crippen molar-refractivity contribution in [2.75, 3.05) is 17.1 Å². The van der Waals surface area contributed by atoms with E-state index in [4.69, 9.17) is 4.74 Å². The molecule has 8 nitrogen and oxygen atoms in total. The van der Waals surface area contributed by atoms with E-state index in [0.29, 0.717) is 33.6 Å². The van der Waals surface area contributed by atoms with Crippen molar-refractivity contribution in [3.63, 3.8) is 0 Å². The highest BCUT2D eigenvalue weighted by Crippen LogP contribution is 2.41. The SMILES string of the molecule is COc1ccccc1S(=O)(=O)Nc1cc2c(cc1-c1cncnc1)NC(=O)C2=C(C)C. The van der Waals surface area contributed by atoms with Crippen molar-refractivity contribution < 1.29 is 17.9 Å². The van der Waals surface area contributed by atoms with Gasteiger partial charge in [-0.15, -0.1) is 0 Å². The average Bonchev–Trinajstić information content (AvgIpc) is 3.08. The zero-order chi connectivity index (χ0) is 22.2. The van der Waals surface area contributed by atoms with Crippen LogP contribution in [0.4, 0.5) is 11.4 Å². The smallest absolute Gasteiger partial charge is 0.265 e. The normalized spacial score (nSPS) is 12.9. The molecule has 9 heteroatoms. The van der Waals surface area contributed by atoms with E-state index in [2.05, 4.69) is 20.0 Å². The number of methoxy groups -OCH3 is 1. The second-order valence-electron chi connectivity index (χ2n) is 7.16. The van der Waals surface area contributed by atoms with Gasteiger partial charge in [0.2, 0.25) is 0 Å². The van der Waals surface area contributed by atoms with E-state index >= 15 is 0 Å². The van der Waals surface area contributed by atoms with Crippen LogP contribution in [0.3, 0.4) is 0 Å².